The van der Waals surface area contributed by atoms with Crippen molar-refractivity contribution in [2.45, 2.75) is 68.9 Å². The smallest absolute Gasteiger partial charge is 0.394 e. The largest absolute Gasteiger partial charge is 0.414 e. The van der Waals surface area contributed by atoms with Gasteiger partial charge in [0.1, 0.15) is 0 Å². The Bertz CT molecular complexity index is 1260. The molecule has 2 aliphatic heterocycles. The van der Waals surface area contributed by atoms with Crippen molar-refractivity contribution in [1.29, 1.82) is 0 Å². The molecule has 0 bridgehead atoms. The Morgan fingerprint density at radius 2 is 1.95 bits per heavy atom. The van der Waals surface area contributed by atoms with Crippen LogP contribution in [0.1, 0.15) is 72.4 Å². The minimum absolute atomic E-state index is 0.000514. The number of rotatable bonds is 9. The van der Waals surface area contributed by atoms with Gasteiger partial charge in [-0.3, -0.25) is 14.7 Å². The molecule has 1 amide bonds. The van der Waals surface area contributed by atoms with Gasteiger partial charge in [-0.05, 0) is 54.5 Å². The molecular formula is C27H34F3N3O5S. The summed E-state index contributed by atoms with van der Waals surface area (Å²) >= 11 is 0. The quantitative estimate of drug-likeness (QED) is 0.471. The van der Waals surface area contributed by atoms with Crippen LogP contribution in [0.25, 0.3) is 0 Å². The molecule has 0 spiro atoms. The lowest BCUT2D eigenvalue weighted by atomic mass is 9.97. The maximum atomic E-state index is 13.0. The first-order chi connectivity index (χ1) is 18.5. The van der Waals surface area contributed by atoms with Crippen molar-refractivity contribution in [2.75, 3.05) is 25.5 Å². The number of alkyl halides is 3. The molecule has 0 radical (unpaired) electrons. The average Bonchev–Trinajstić information content (AvgIpc) is 3.27. The first-order valence-electron chi connectivity index (χ1n) is 13.1. The minimum atomic E-state index is -4.34. The summed E-state index contributed by atoms with van der Waals surface area (Å²) < 4.78 is 68.0. The van der Waals surface area contributed by atoms with Crippen LogP contribution < -0.4 is 5.32 Å². The van der Waals surface area contributed by atoms with Crippen LogP contribution >= 0.6 is 0 Å². The lowest BCUT2D eigenvalue weighted by Gasteiger charge is -2.34. The zero-order chi connectivity index (χ0) is 28.4. The summed E-state index contributed by atoms with van der Waals surface area (Å²) in [6, 6.07) is 7.08. The molecule has 1 aromatic carbocycles. The van der Waals surface area contributed by atoms with Crippen LogP contribution in [0.5, 0.6) is 0 Å². The number of sulfone groups is 1. The number of nitrogens with one attached hydrogen (secondary N) is 1. The van der Waals surface area contributed by atoms with Gasteiger partial charge >= 0.3 is 6.18 Å². The molecule has 1 aromatic heterocycles. The molecule has 1 fully saturated rings. The van der Waals surface area contributed by atoms with Gasteiger partial charge in [-0.2, -0.15) is 13.2 Å². The zero-order valence-corrected chi connectivity index (χ0v) is 22.8. The van der Waals surface area contributed by atoms with Crippen LogP contribution in [-0.4, -0.2) is 67.1 Å². The number of ether oxygens (including phenoxy) is 1. The Kier molecular flexibility index (Phi) is 8.99. The molecular weight excluding hydrogens is 535 g/mol. The summed E-state index contributed by atoms with van der Waals surface area (Å²) in [7, 11) is -3.36. The van der Waals surface area contributed by atoms with E-state index in [1.165, 1.54) is 18.3 Å². The monoisotopic (exact) mass is 569 g/mol. The van der Waals surface area contributed by atoms with E-state index >= 15 is 0 Å². The maximum Gasteiger partial charge on any atom is 0.414 e. The van der Waals surface area contributed by atoms with E-state index < -0.39 is 34.1 Å². The first-order valence-corrected chi connectivity index (χ1v) is 14.8. The zero-order valence-electron chi connectivity index (χ0n) is 21.9. The minimum Gasteiger partial charge on any atom is -0.394 e. The van der Waals surface area contributed by atoms with E-state index in [2.05, 4.69) is 15.2 Å². The summed E-state index contributed by atoms with van der Waals surface area (Å²) in [5.74, 6) is -0.472. The van der Waals surface area contributed by atoms with E-state index in [0.29, 0.717) is 30.6 Å². The fourth-order valence-electron chi connectivity index (χ4n) is 5.31. The fraction of sp³-hybridized carbons (Fsp3) is 0.556. The van der Waals surface area contributed by atoms with Gasteiger partial charge in [-0.15, -0.1) is 0 Å². The third-order valence-corrected chi connectivity index (χ3v) is 9.27. The summed E-state index contributed by atoms with van der Waals surface area (Å²) in [6.45, 7) is 4.37. The number of carbonyl (C=O) groups is 1. The number of aliphatic hydroxyl groups excluding tert-OH is 1. The molecule has 39 heavy (non-hydrogen) atoms. The van der Waals surface area contributed by atoms with Crippen LogP contribution in [0, 0.1) is 5.92 Å². The number of pyridine rings is 1. The molecule has 8 nitrogen and oxygen atoms in total. The third-order valence-electron chi connectivity index (χ3n) is 7.52. The van der Waals surface area contributed by atoms with Crippen LogP contribution in [0.2, 0.25) is 0 Å². The highest BCUT2D eigenvalue weighted by atomic mass is 32.2. The van der Waals surface area contributed by atoms with E-state index in [9.17, 15) is 31.5 Å². The molecule has 3 heterocycles. The molecule has 4 rings (SSSR count). The van der Waals surface area contributed by atoms with Gasteiger partial charge in [0.2, 0.25) is 0 Å². The normalized spacial score (nSPS) is 22.9. The average molecular weight is 570 g/mol. The van der Waals surface area contributed by atoms with Crippen molar-refractivity contribution in [3.63, 3.8) is 0 Å². The highest BCUT2D eigenvalue weighted by Crippen LogP contribution is 2.38. The molecule has 2 N–H and O–H groups in total. The third kappa shape index (κ3) is 6.62. The van der Waals surface area contributed by atoms with Gasteiger partial charge in [0.25, 0.3) is 5.91 Å². The van der Waals surface area contributed by atoms with Gasteiger partial charge in [-0.1, -0.05) is 26.0 Å². The van der Waals surface area contributed by atoms with Gasteiger partial charge in [-0.25, -0.2) is 8.42 Å². The molecule has 214 valence electrons. The Morgan fingerprint density at radius 3 is 2.51 bits per heavy atom. The van der Waals surface area contributed by atoms with Crippen molar-refractivity contribution in [3.8, 4) is 0 Å². The second-order valence-corrected chi connectivity index (χ2v) is 12.4. The number of aliphatic hydroxyl groups is 1. The molecule has 0 unspecified atom stereocenters. The molecule has 0 saturated carbocycles. The Labute approximate surface area is 226 Å². The topological polar surface area (TPSA) is 109 Å². The second-order valence-electron chi connectivity index (χ2n) is 10.1. The number of hydrogen-bond acceptors (Lipinski definition) is 7. The summed E-state index contributed by atoms with van der Waals surface area (Å²) in [5, 5.41) is 12.7. The van der Waals surface area contributed by atoms with Crippen LogP contribution in [-0.2, 0) is 21.1 Å². The Morgan fingerprint density at radius 1 is 1.23 bits per heavy atom. The lowest BCUT2D eigenvalue weighted by molar-refractivity contribution is -0.236. The number of carbonyl (C=O) groups excluding carboxylic acids is 1. The van der Waals surface area contributed by atoms with Crippen molar-refractivity contribution < 1.29 is 36.2 Å². The molecule has 12 heteroatoms. The predicted octanol–water partition coefficient (Wildman–Crippen LogP) is 3.96. The molecule has 4 atom stereocenters. The van der Waals surface area contributed by atoms with Crippen molar-refractivity contribution in [1.82, 2.24) is 15.2 Å². The standard InChI is InChI=1S/C27H34F3N3O5S/c1-3-23-25-20(14-33(23)13-17-5-10-24(38-16-17)27(28,29)30)11-19(12-31-25)26(35)32-22(15-34)18-6-8-21(9-7-18)39(36,37)4-2/h6-9,11-12,17,22-24,34H,3-5,10,13-16H2,1-2H3,(H,32,35)/t17-,22+,23+,24-/m1/s1. The number of halogens is 3. The molecule has 2 aromatic rings. The SMILES string of the molecule is CC[C@H]1c2ncc(C(=O)N[C@@H](CO)c3ccc(S(=O)(=O)CC)cc3)cc2CN1C[C@H]1CC[C@H](C(F)(F)F)OC1. The van der Waals surface area contributed by atoms with E-state index in [-0.39, 0.29) is 42.2 Å². The van der Waals surface area contributed by atoms with Crippen molar-refractivity contribution in [2.24, 2.45) is 5.92 Å². The van der Waals surface area contributed by atoms with Crippen molar-refractivity contribution >= 4 is 15.7 Å². The number of hydrogen-bond donors (Lipinski definition) is 2. The fourth-order valence-corrected chi connectivity index (χ4v) is 6.19. The van der Waals surface area contributed by atoms with E-state index in [0.717, 1.165) is 17.7 Å². The molecule has 1 saturated heterocycles. The Hall–Kier alpha value is -2.54. The predicted molar refractivity (Wildman–Crippen MR) is 138 cm³/mol. The summed E-state index contributed by atoms with van der Waals surface area (Å²) in [5.41, 5.74) is 2.62. The number of benzene rings is 1. The van der Waals surface area contributed by atoms with Gasteiger partial charge in [0.05, 0.1) is 47.2 Å². The van der Waals surface area contributed by atoms with Crippen molar-refractivity contribution in [3.05, 3.63) is 58.9 Å². The number of aromatic nitrogens is 1. The number of nitrogens with zero attached hydrogens (tertiary/aromatic N) is 2. The van der Waals surface area contributed by atoms with Gasteiger partial charge < -0.3 is 15.2 Å². The highest BCUT2D eigenvalue weighted by molar-refractivity contribution is 7.91. The van der Waals surface area contributed by atoms with Crippen LogP contribution in [0.4, 0.5) is 13.2 Å². The summed E-state index contributed by atoms with van der Waals surface area (Å²) in [6.07, 6.45) is -3.39. The molecule has 0 aliphatic carbocycles. The van der Waals surface area contributed by atoms with E-state index in [4.69, 9.17) is 4.74 Å². The van der Waals surface area contributed by atoms with Crippen LogP contribution in [0.3, 0.4) is 0 Å². The molecule has 2 aliphatic rings. The van der Waals surface area contributed by atoms with Crippen LogP contribution in [0.15, 0.2) is 41.4 Å². The highest BCUT2D eigenvalue weighted by Gasteiger charge is 2.43. The Balaban J connectivity index is 1.41. The van der Waals surface area contributed by atoms with E-state index in [1.807, 2.05) is 6.92 Å². The number of fused-ring (bicyclic) bond motifs is 1. The number of amides is 1. The lowest BCUT2D eigenvalue weighted by Crippen LogP contribution is -2.40. The summed E-state index contributed by atoms with van der Waals surface area (Å²) in [4.78, 5) is 20.0. The second kappa shape index (κ2) is 11.9. The van der Waals surface area contributed by atoms with Gasteiger partial charge in [0.15, 0.2) is 15.9 Å². The maximum absolute atomic E-state index is 13.0. The van der Waals surface area contributed by atoms with Gasteiger partial charge in [0, 0.05) is 19.3 Å². The van der Waals surface area contributed by atoms with E-state index in [1.54, 1.807) is 25.1 Å². The first kappa shape index (κ1) is 29.4.